The van der Waals surface area contributed by atoms with Crippen molar-refractivity contribution < 1.29 is 4.79 Å². The largest absolute Gasteiger partial charge is 0.397 e. The molecule has 1 aromatic rings. The lowest BCUT2D eigenvalue weighted by molar-refractivity contribution is -0.125. The van der Waals surface area contributed by atoms with Crippen LogP contribution in [-0.2, 0) is 4.79 Å². The number of aryl methyl sites for hydroxylation is 1. The maximum Gasteiger partial charge on any atom is 0.222 e. The Bertz CT molecular complexity index is 416. The number of nitrogens with zero attached hydrogens (tertiary/aromatic N) is 1. The van der Waals surface area contributed by atoms with E-state index in [1.165, 1.54) is 5.56 Å². The zero-order valence-corrected chi connectivity index (χ0v) is 11.1. The minimum absolute atomic E-state index is 0.150. The Balaban J connectivity index is 2.08. The molecular formula is C14H21N3O. The smallest absolute Gasteiger partial charge is 0.222 e. The van der Waals surface area contributed by atoms with Crippen molar-refractivity contribution in [2.45, 2.75) is 19.8 Å². The highest BCUT2D eigenvalue weighted by molar-refractivity contribution is 5.79. The van der Waals surface area contributed by atoms with Crippen LogP contribution in [0.2, 0.25) is 0 Å². The third kappa shape index (κ3) is 2.42. The van der Waals surface area contributed by atoms with E-state index in [1.54, 1.807) is 7.05 Å². The number of hydrogen-bond donors (Lipinski definition) is 2. The molecule has 1 saturated heterocycles. The Labute approximate surface area is 108 Å². The van der Waals surface area contributed by atoms with E-state index >= 15 is 0 Å². The van der Waals surface area contributed by atoms with E-state index in [9.17, 15) is 4.79 Å². The number of anilines is 2. The molecule has 18 heavy (non-hydrogen) atoms. The van der Waals surface area contributed by atoms with E-state index in [0.717, 1.165) is 37.3 Å². The van der Waals surface area contributed by atoms with Crippen LogP contribution in [0.5, 0.6) is 0 Å². The molecule has 1 heterocycles. The Morgan fingerprint density at radius 3 is 2.61 bits per heavy atom. The second-order valence-electron chi connectivity index (χ2n) is 4.89. The fourth-order valence-corrected chi connectivity index (χ4v) is 2.68. The van der Waals surface area contributed by atoms with Gasteiger partial charge in [-0.05, 0) is 31.4 Å². The van der Waals surface area contributed by atoms with Crippen molar-refractivity contribution in [1.82, 2.24) is 5.32 Å². The fraction of sp³-hybridized carbons (Fsp3) is 0.500. The molecule has 3 N–H and O–H groups in total. The van der Waals surface area contributed by atoms with Crippen molar-refractivity contribution in [3.63, 3.8) is 0 Å². The highest BCUT2D eigenvalue weighted by Crippen LogP contribution is 2.31. The van der Waals surface area contributed by atoms with Gasteiger partial charge in [0.2, 0.25) is 5.91 Å². The summed E-state index contributed by atoms with van der Waals surface area (Å²) in [7, 11) is 1.70. The molecule has 1 aromatic carbocycles. The molecule has 4 heteroatoms. The van der Waals surface area contributed by atoms with Gasteiger partial charge in [-0.25, -0.2) is 0 Å². The van der Waals surface area contributed by atoms with Crippen LogP contribution in [-0.4, -0.2) is 26.0 Å². The summed E-state index contributed by atoms with van der Waals surface area (Å²) < 4.78 is 0. The van der Waals surface area contributed by atoms with E-state index < -0.39 is 0 Å². The van der Waals surface area contributed by atoms with Crippen molar-refractivity contribution >= 4 is 17.3 Å². The van der Waals surface area contributed by atoms with Gasteiger partial charge in [0, 0.05) is 26.1 Å². The lowest BCUT2D eigenvalue weighted by Gasteiger charge is -2.34. The van der Waals surface area contributed by atoms with E-state index in [-0.39, 0.29) is 11.8 Å². The van der Waals surface area contributed by atoms with Crippen molar-refractivity contribution in [1.29, 1.82) is 0 Å². The molecule has 1 aliphatic heterocycles. The number of hydrogen-bond acceptors (Lipinski definition) is 3. The standard InChI is InChI=1S/C14H21N3O/c1-10-4-3-5-12(15)13(10)17-8-6-11(7-9-17)14(18)16-2/h3-5,11H,6-9,15H2,1-2H3,(H,16,18). The van der Waals surface area contributed by atoms with Crippen LogP contribution in [0.15, 0.2) is 18.2 Å². The van der Waals surface area contributed by atoms with E-state index in [4.69, 9.17) is 5.73 Å². The molecule has 0 spiro atoms. The summed E-state index contributed by atoms with van der Waals surface area (Å²) >= 11 is 0. The first kappa shape index (κ1) is 12.7. The van der Waals surface area contributed by atoms with Gasteiger partial charge in [-0.2, -0.15) is 0 Å². The number of nitrogens with two attached hydrogens (primary N) is 1. The number of benzene rings is 1. The molecule has 0 unspecified atom stereocenters. The number of nitrogen functional groups attached to an aromatic ring is 1. The lowest BCUT2D eigenvalue weighted by Crippen LogP contribution is -2.40. The quantitative estimate of drug-likeness (QED) is 0.779. The molecule has 1 amide bonds. The van der Waals surface area contributed by atoms with Crippen molar-refractivity contribution in [2.75, 3.05) is 30.8 Å². The molecular weight excluding hydrogens is 226 g/mol. The summed E-state index contributed by atoms with van der Waals surface area (Å²) in [6.45, 7) is 3.87. The second-order valence-corrected chi connectivity index (χ2v) is 4.89. The molecule has 0 radical (unpaired) electrons. The number of carbonyl (C=O) groups is 1. The van der Waals surface area contributed by atoms with Crippen molar-refractivity contribution in [3.8, 4) is 0 Å². The topological polar surface area (TPSA) is 58.4 Å². The predicted molar refractivity (Wildman–Crippen MR) is 74.6 cm³/mol. The van der Waals surface area contributed by atoms with Gasteiger partial charge in [0.15, 0.2) is 0 Å². The van der Waals surface area contributed by atoms with E-state index in [0.29, 0.717) is 0 Å². The molecule has 4 nitrogen and oxygen atoms in total. The average Bonchev–Trinajstić information content (AvgIpc) is 2.38. The average molecular weight is 247 g/mol. The number of piperidine rings is 1. The monoisotopic (exact) mass is 247 g/mol. The molecule has 0 saturated carbocycles. The number of carbonyl (C=O) groups excluding carboxylic acids is 1. The normalized spacial score (nSPS) is 16.7. The Hall–Kier alpha value is -1.71. The summed E-state index contributed by atoms with van der Waals surface area (Å²) in [4.78, 5) is 13.9. The van der Waals surface area contributed by atoms with Crippen LogP contribution in [0.3, 0.4) is 0 Å². The van der Waals surface area contributed by atoms with Crippen LogP contribution < -0.4 is 16.0 Å². The maximum absolute atomic E-state index is 11.6. The summed E-state index contributed by atoms with van der Waals surface area (Å²) in [5.74, 6) is 0.309. The minimum atomic E-state index is 0.150. The van der Waals surface area contributed by atoms with Crippen molar-refractivity contribution in [2.24, 2.45) is 5.92 Å². The summed E-state index contributed by atoms with van der Waals surface area (Å²) in [5.41, 5.74) is 9.21. The molecule has 0 atom stereocenters. The molecule has 0 bridgehead atoms. The van der Waals surface area contributed by atoms with Crippen LogP contribution in [0.25, 0.3) is 0 Å². The number of rotatable bonds is 2. The van der Waals surface area contributed by atoms with Crippen molar-refractivity contribution in [3.05, 3.63) is 23.8 Å². The zero-order valence-electron chi connectivity index (χ0n) is 11.1. The fourth-order valence-electron chi connectivity index (χ4n) is 2.68. The zero-order chi connectivity index (χ0) is 13.1. The summed E-state index contributed by atoms with van der Waals surface area (Å²) in [6.07, 6.45) is 1.79. The molecule has 2 rings (SSSR count). The van der Waals surface area contributed by atoms with Crippen LogP contribution in [0.1, 0.15) is 18.4 Å². The Morgan fingerprint density at radius 2 is 2.06 bits per heavy atom. The minimum Gasteiger partial charge on any atom is -0.397 e. The summed E-state index contributed by atoms with van der Waals surface area (Å²) in [5, 5.41) is 2.73. The van der Waals surface area contributed by atoms with Gasteiger partial charge in [-0.3, -0.25) is 4.79 Å². The highest BCUT2D eigenvalue weighted by atomic mass is 16.1. The third-order valence-electron chi connectivity index (χ3n) is 3.70. The molecule has 1 aliphatic rings. The van der Waals surface area contributed by atoms with Crippen LogP contribution in [0, 0.1) is 12.8 Å². The van der Waals surface area contributed by atoms with Gasteiger partial charge in [0.05, 0.1) is 11.4 Å². The molecule has 0 aliphatic carbocycles. The molecule has 1 fully saturated rings. The number of nitrogens with one attached hydrogen (secondary N) is 1. The molecule has 0 aromatic heterocycles. The van der Waals surface area contributed by atoms with Gasteiger partial charge in [-0.15, -0.1) is 0 Å². The first-order valence-corrected chi connectivity index (χ1v) is 6.45. The number of para-hydroxylation sites is 1. The second kappa shape index (κ2) is 5.29. The highest BCUT2D eigenvalue weighted by Gasteiger charge is 2.25. The van der Waals surface area contributed by atoms with Gasteiger partial charge in [-0.1, -0.05) is 12.1 Å². The summed E-state index contributed by atoms with van der Waals surface area (Å²) in [6, 6.07) is 6.00. The molecule has 98 valence electrons. The predicted octanol–water partition coefficient (Wildman–Crippen LogP) is 1.54. The SMILES string of the molecule is CNC(=O)C1CCN(c2c(C)cccc2N)CC1. The third-order valence-corrected chi connectivity index (χ3v) is 3.70. The van der Waals surface area contributed by atoms with Crippen LogP contribution >= 0.6 is 0 Å². The lowest BCUT2D eigenvalue weighted by atomic mass is 9.95. The van der Waals surface area contributed by atoms with Crippen LogP contribution in [0.4, 0.5) is 11.4 Å². The van der Waals surface area contributed by atoms with E-state index in [2.05, 4.69) is 23.2 Å². The first-order chi connectivity index (χ1) is 8.63. The van der Waals surface area contributed by atoms with Gasteiger partial charge in [0.25, 0.3) is 0 Å². The maximum atomic E-state index is 11.6. The van der Waals surface area contributed by atoms with E-state index in [1.807, 2.05) is 12.1 Å². The number of amides is 1. The van der Waals surface area contributed by atoms with Gasteiger partial charge >= 0.3 is 0 Å². The Kier molecular flexibility index (Phi) is 3.75. The Morgan fingerprint density at radius 1 is 1.39 bits per heavy atom. The van der Waals surface area contributed by atoms with Gasteiger partial charge < -0.3 is 16.0 Å². The first-order valence-electron chi connectivity index (χ1n) is 6.45. The van der Waals surface area contributed by atoms with Gasteiger partial charge in [0.1, 0.15) is 0 Å².